The lowest BCUT2D eigenvalue weighted by atomic mass is 10.0. The molecule has 2 heterocycles. The number of carbonyl (C=O) groups excluding carboxylic acids is 1. The lowest BCUT2D eigenvalue weighted by Gasteiger charge is -2.42. The van der Waals surface area contributed by atoms with Gasteiger partial charge in [-0.05, 0) is 49.8 Å². The molecule has 0 bridgehead atoms. The van der Waals surface area contributed by atoms with Gasteiger partial charge in [-0.2, -0.15) is 0 Å². The number of fused-ring (bicyclic) bond motifs is 1. The fourth-order valence-corrected chi connectivity index (χ4v) is 4.25. The van der Waals surface area contributed by atoms with Crippen LogP contribution in [0.2, 0.25) is 0 Å². The molecule has 162 valence electrons. The number of hydrogen-bond donors (Lipinski definition) is 0. The Morgan fingerprint density at radius 3 is 2.65 bits per heavy atom. The van der Waals surface area contributed by atoms with E-state index in [-0.39, 0.29) is 12.1 Å². The van der Waals surface area contributed by atoms with Gasteiger partial charge in [0.1, 0.15) is 5.60 Å². The van der Waals surface area contributed by atoms with Crippen molar-refractivity contribution in [1.29, 1.82) is 0 Å². The Hall–Kier alpha value is -2.92. The van der Waals surface area contributed by atoms with Crippen LogP contribution < -0.4 is 0 Å². The summed E-state index contributed by atoms with van der Waals surface area (Å²) in [5.41, 5.74) is 2.03. The second-order valence-electron chi connectivity index (χ2n) is 9.27. The number of amides is 1. The van der Waals surface area contributed by atoms with Gasteiger partial charge in [-0.3, -0.25) is 9.88 Å². The van der Waals surface area contributed by atoms with Crippen LogP contribution in [0.4, 0.5) is 4.79 Å². The standard InChI is InChI=1S/C26H31N3O2/c1-26(2,3)31-25(30)29-15-14-28(19-23(29)16-20-8-5-4-6-9-20)18-22-11-7-10-21-17-27-13-12-24(21)22/h4-13,17,23H,14-16,18-19H2,1-3H3. The second-order valence-corrected chi connectivity index (χ2v) is 9.27. The fourth-order valence-electron chi connectivity index (χ4n) is 4.25. The summed E-state index contributed by atoms with van der Waals surface area (Å²) in [6.45, 7) is 8.92. The third-order valence-electron chi connectivity index (χ3n) is 5.67. The summed E-state index contributed by atoms with van der Waals surface area (Å²) in [6, 6.07) is 18.9. The highest BCUT2D eigenvalue weighted by molar-refractivity contribution is 5.84. The molecule has 5 heteroatoms. The molecule has 5 nitrogen and oxygen atoms in total. The van der Waals surface area contributed by atoms with E-state index >= 15 is 0 Å². The monoisotopic (exact) mass is 417 g/mol. The minimum Gasteiger partial charge on any atom is -0.444 e. The largest absolute Gasteiger partial charge is 0.444 e. The molecule has 1 aromatic heterocycles. The van der Waals surface area contributed by atoms with Gasteiger partial charge in [0.15, 0.2) is 0 Å². The summed E-state index contributed by atoms with van der Waals surface area (Å²) >= 11 is 0. The van der Waals surface area contributed by atoms with Gasteiger partial charge in [-0.15, -0.1) is 0 Å². The maximum Gasteiger partial charge on any atom is 0.410 e. The van der Waals surface area contributed by atoms with Gasteiger partial charge in [0.2, 0.25) is 0 Å². The van der Waals surface area contributed by atoms with Gasteiger partial charge in [0, 0.05) is 44.0 Å². The van der Waals surface area contributed by atoms with Crippen LogP contribution in [0.25, 0.3) is 10.8 Å². The summed E-state index contributed by atoms with van der Waals surface area (Å²) in [7, 11) is 0. The topological polar surface area (TPSA) is 45.7 Å². The van der Waals surface area contributed by atoms with Crippen molar-refractivity contribution in [3.63, 3.8) is 0 Å². The van der Waals surface area contributed by atoms with E-state index in [1.807, 2.05) is 44.1 Å². The van der Waals surface area contributed by atoms with Crippen LogP contribution in [0.3, 0.4) is 0 Å². The highest BCUT2D eigenvalue weighted by atomic mass is 16.6. The van der Waals surface area contributed by atoms with E-state index in [9.17, 15) is 4.79 Å². The van der Waals surface area contributed by atoms with Gasteiger partial charge >= 0.3 is 6.09 Å². The smallest absolute Gasteiger partial charge is 0.410 e. The van der Waals surface area contributed by atoms with Gasteiger partial charge < -0.3 is 9.64 Å². The van der Waals surface area contributed by atoms with E-state index in [0.29, 0.717) is 6.54 Å². The highest BCUT2D eigenvalue weighted by Gasteiger charge is 2.33. The SMILES string of the molecule is CC(C)(C)OC(=O)N1CCN(Cc2cccc3cnccc23)CC1Cc1ccccc1. The number of rotatable bonds is 4. The molecule has 0 aliphatic carbocycles. The summed E-state index contributed by atoms with van der Waals surface area (Å²) in [6.07, 6.45) is 4.36. The lowest BCUT2D eigenvalue weighted by molar-refractivity contribution is -0.00228. The van der Waals surface area contributed by atoms with Crippen molar-refractivity contribution in [2.75, 3.05) is 19.6 Å². The minimum absolute atomic E-state index is 0.0719. The van der Waals surface area contributed by atoms with Crippen molar-refractivity contribution >= 4 is 16.9 Å². The van der Waals surface area contributed by atoms with E-state index in [0.717, 1.165) is 31.4 Å². The van der Waals surface area contributed by atoms with Crippen LogP contribution in [-0.4, -0.2) is 52.2 Å². The summed E-state index contributed by atoms with van der Waals surface area (Å²) in [5, 5.41) is 2.40. The maximum absolute atomic E-state index is 12.9. The first kappa shape index (κ1) is 21.3. The first-order valence-corrected chi connectivity index (χ1v) is 11.0. The molecule has 0 N–H and O–H groups in total. The summed E-state index contributed by atoms with van der Waals surface area (Å²) in [5.74, 6) is 0. The number of aromatic nitrogens is 1. The number of hydrogen-bond acceptors (Lipinski definition) is 4. The van der Waals surface area contributed by atoms with E-state index in [1.54, 1.807) is 0 Å². The van der Waals surface area contributed by atoms with Crippen molar-refractivity contribution < 1.29 is 9.53 Å². The second kappa shape index (κ2) is 9.06. The molecular formula is C26H31N3O2. The molecule has 1 aliphatic rings. The number of ether oxygens (including phenoxy) is 1. The lowest BCUT2D eigenvalue weighted by Crippen LogP contribution is -2.56. The Morgan fingerprint density at radius 1 is 1.06 bits per heavy atom. The Labute approximate surface area is 184 Å². The number of carbonyl (C=O) groups is 1. The molecule has 4 rings (SSSR count). The van der Waals surface area contributed by atoms with Crippen molar-refractivity contribution in [2.24, 2.45) is 0 Å². The Kier molecular flexibility index (Phi) is 6.23. The molecule has 1 aliphatic heterocycles. The molecular weight excluding hydrogens is 386 g/mol. The number of pyridine rings is 1. The van der Waals surface area contributed by atoms with Crippen LogP contribution >= 0.6 is 0 Å². The molecule has 3 aromatic rings. The zero-order valence-corrected chi connectivity index (χ0v) is 18.6. The zero-order chi connectivity index (χ0) is 21.8. The number of piperazine rings is 1. The summed E-state index contributed by atoms with van der Waals surface area (Å²) in [4.78, 5) is 21.5. The number of benzene rings is 2. The predicted octanol–water partition coefficient (Wildman–Crippen LogP) is 4.90. The molecule has 1 unspecified atom stereocenters. The molecule has 0 radical (unpaired) electrons. The molecule has 1 atom stereocenters. The van der Waals surface area contributed by atoms with E-state index in [4.69, 9.17) is 4.74 Å². The van der Waals surface area contributed by atoms with Gasteiger partial charge in [0.05, 0.1) is 6.04 Å². The molecule has 1 fully saturated rings. The van der Waals surface area contributed by atoms with Gasteiger partial charge in [-0.1, -0.05) is 48.5 Å². The van der Waals surface area contributed by atoms with Crippen LogP contribution in [0.15, 0.2) is 67.0 Å². The summed E-state index contributed by atoms with van der Waals surface area (Å²) < 4.78 is 5.72. The maximum atomic E-state index is 12.9. The average Bonchev–Trinajstić information content (AvgIpc) is 2.74. The van der Waals surface area contributed by atoms with Gasteiger partial charge in [0.25, 0.3) is 0 Å². The first-order valence-electron chi connectivity index (χ1n) is 11.0. The Morgan fingerprint density at radius 2 is 1.87 bits per heavy atom. The van der Waals surface area contributed by atoms with Crippen LogP contribution in [0, 0.1) is 0 Å². The molecule has 31 heavy (non-hydrogen) atoms. The quantitative estimate of drug-likeness (QED) is 0.606. The molecule has 2 aromatic carbocycles. The molecule has 1 saturated heterocycles. The van der Waals surface area contributed by atoms with Crippen molar-refractivity contribution in [3.05, 3.63) is 78.1 Å². The fraction of sp³-hybridized carbons (Fsp3) is 0.385. The molecule has 0 saturated carbocycles. The Bertz CT molecular complexity index is 1020. The predicted molar refractivity (Wildman–Crippen MR) is 124 cm³/mol. The molecule has 1 amide bonds. The van der Waals surface area contributed by atoms with Crippen molar-refractivity contribution in [3.8, 4) is 0 Å². The minimum atomic E-state index is -0.498. The van der Waals surface area contributed by atoms with Gasteiger partial charge in [-0.25, -0.2) is 4.79 Å². The van der Waals surface area contributed by atoms with Crippen LogP contribution in [0.1, 0.15) is 31.9 Å². The van der Waals surface area contributed by atoms with E-state index in [1.165, 1.54) is 16.5 Å². The van der Waals surface area contributed by atoms with E-state index < -0.39 is 5.60 Å². The third-order valence-corrected chi connectivity index (χ3v) is 5.67. The van der Waals surface area contributed by atoms with Crippen LogP contribution in [0.5, 0.6) is 0 Å². The zero-order valence-electron chi connectivity index (χ0n) is 18.6. The highest BCUT2D eigenvalue weighted by Crippen LogP contribution is 2.23. The molecule has 0 spiro atoms. The first-order chi connectivity index (χ1) is 14.9. The third kappa shape index (κ3) is 5.42. The number of nitrogens with zero attached hydrogens (tertiary/aromatic N) is 3. The van der Waals surface area contributed by atoms with Crippen LogP contribution in [-0.2, 0) is 17.7 Å². The van der Waals surface area contributed by atoms with Crippen molar-refractivity contribution in [1.82, 2.24) is 14.8 Å². The van der Waals surface area contributed by atoms with Crippen molar-refractivity contribution in [2.45, 2.75) is 45.4 Å². The normalized spacial score (nSPS) is 17.6. The Balaban J connectivity index is 1.53. The average molecular weight is 418 g/mol. The van der Waals surface area contributed by atoms with E-state index in [2.05, 4.69) is 58.4 Å².